The van der Waals surface area contributed by atoms with Crippen LogP contribution in [0.15, 0.2) is 42.6 Å². The van der Waals surface area contributed by atoms with Crippen molar-refractivity contribution in [1.29, 1.82) is 0 Å². The van der Waals surface area contributed by atoms with Gasteiger partial charge in [0.15, 0.2) is 0 Å². The zero-order valence-electron chi connectivity index (χ0n) is 10.7. The van der Waals surface area contributed by atoms with Crippen molar-refractivity contribution in [2.45, 2.75) is 19.4 Å². The predicted octanol–water partition coefficient (Wildman–Crippen LogP) is 3.41. The Balaban J connectivity index is 2.00. The minimum absolute atomic E-state index is 0.512. The summed E-state index contributed by atoms with van der Waals surface area (Å²) in [6, 6.07) is 11.1. The number of pyridine rings is 1. The molecular formula is C15H16ClNO2. The maximum absolute atomic E-state index is 9.69. The molecule has 0 aliphatic heterocycles. The SMILES string of the molecule is CC(O)c1cc(Cl)ccc1OCCc1ccccn1. The molecule has 0 spiro atoms. The normalized spacial score (nSPS) is 12.2. The van der Waals surface area contributed by atoms with Crippen LogP contribution in [-0.4, -0.2) is 16.7 Å². The second-order valence-electron chi connectivity index (χ2n) is 4.28. The van der Waals surface area contributed by atoms with E-state index in [1.54, 1.807) is 31.3 Å². The molecule has 2 aromatic rings. The molecule has 0 radical (unpaired) electrons. The molecule has 0 fully saturated rings. The molecule has 1 aromatic heterocycles. The average Bonchev–Trinajstić information content (AvgIpc) is 2.41. The number of halogens is 1. The van der Waals surface area contributed by atoms with E-state index in [0.29, 0.717) is 22.9 Å². The molecule has 1 N–H and O–H groups in total. The Morgan fingerprint density at radius 2 is 2.16 bits per heavy atom. The third kappa shape index (κ3) is 3.94. The van der Waals surface area contributed by atoms with Crippen molar-refractivity contribution >= 4 is 11.6 Å². The Morgan fingerprint density at radius 3 is 2.84 bits per heavy atom. The molecule has 100 valence electrons. The molecule has 0 saturated heterocycles. The van der Waals surface area contributed by atoms with Gasteiger partial charge in [-0.3, -0.25) is 4.98 Å². The fourth-order valence-electron chi connectivity index (χ4n) is 1.79. The molecule has 1 heterocycles. The van der Waals surface area contributed by atoms with E-state index >= 15 is 0 Å². The zero-order chi connectivity index (χ0) is 13.7. The van der Waals surface area contributed by atoms with Crippen molar-refractivity contribution in [3.63, 3.8) is 0 Å². The van der Waals surface area contributed by atoms with E-state index in [0.717, 1.165) is 12.1 Å². The average molecular weight is 278 g/mol. The van der Waals surface area contributed by atoms with Crippen LogP contribution in [0, 0.1) is 0 Å². The minimum atomic E-state index is -0.608. The van der Waals surface area contributed by atoms with Crippen LogP contribution in [0.2, 0.25) is 5.02 Å². The Kier molecular flexibility index (Phi) is 4.77. The highest BCUT2D eigenvalue weighted by Gasteiger charge is 2.10. The number of rotatable bonds is 5. The molecule has 3 nitrogen and oxygen atoms in total. The first-order chi connectivity index (χ1) is 9.16. The summed E-state index contributed by atoms with van der Waals surface area (Å²) in [5.41, 5.74) is 1.68. The Hall–Kier alpha value is -1.58. The van der Waals surface area contributed by atoms with Gasteiger partial charge in [0.25, 0.3) is 0 Å². The summed E-state index contributed by atoms with van der Waals surface area (Å²) in [7, 11) is 0. The fourth-order valence-corrected chi connectivity index (χ4v) is 1.97. The number of benzene rings is 1. The van der Waals surface area contributed by atoms with Gasteiger partial charge >= 0.3 is 0 Å². The maximum atomic E-state index is 9.69. The second-order valence-corrected chi connectivity index (χ2v) is 4.71. The van der Waals surface area contributed by atoms with Gasteiger partial charge < -0.3 is 9.84 Å². The maximum Gasteiger partial charge on any atom is 0.125 e. The molecule has 2 rings (SSSR count). The Bertz CT molecular complexity index is 529. The van der Waals surface area contributed by atoms with E-state index in [2.05, 4.69) is 4.98 Å². The van der Waals surface area contributed by atoms with Crippen LogP contribution in [0.3, 0.4) is 0 Å². The van der Waals surface area contributed by atoms with E-state index < -0.39 is 6.10 Å². The fraction of sp³-hybridized carbons (Fsp3) is 0.267. The molecule has 1 aromatic carbocycles. The first-order valence-electron chi connectivity index (χ1n) is 6.17. The zero-order valence-corrected chi connectivity index (χ0v) is 11.5. The second kappa shape index (κ2) is 6.55. The van der Waals surface area contributed by atoms with E-state index in [9.17, 15) is 5.11 Å². The lowest BCUT2D eigenvalue weighted by atomic mass is 10.1. The van der Waals surface area contributed by atoms with Crippen molar-refractivity contribution in [1.82, 2.24) is 4.98 Å². The molecule has 0 saturated carbocycles. The standard InChI is InChI=1S/C15H16ClNO2/c1-11(18)14-10-12(16)5-6-15(14)19-9-7-13-4-2-3-8-17-13/h2-6,8,10-11,18H,7,9H2,1H3. The summed E-state index contributed by atoms with van der Waals surface area (Å²) in [5, 5.41) is 10.3. The van der Waals surface area contributed by atoms with Crippen molar-refractivity contribution in [2.75, 3.05) is 6.61 Å². The van der Waals surface area contributed by atoms with Crippen molar-refractivity contribution in [3.8, 4) is 5.75 Å². The highest BCUT2D eigenvalue weighted by Crippen LogP contribution is 2.28. The molecule has 0 amide bonds. The number of aromatic nitrogens is 1. The van der Waals surface area contributed by atoms with Crippen LogP contribution in [0.1, 0.15) is 24.3 Å². The van der Waals surface area contributed by atoms with Crippen LogP contribution < -0.4 is 4.74 Å². The van der Waals surface area contributed by atoms with Crippen LogP contribution in [0.25, 0.3) is 0 Å². The number of nitrogens with zero attached hydrogens (tertiary/aromatic N) is 1. The third-order valence-corrected chi connectivity index (χ3v) is 3.00. The largest absolute Gasteiger partial charge is 0.493 e. The summed E-state index contributed by atoms with van der Waals surface area (Å²) < 4.78 is 5.70. The van der Waals surface area contributed by atoms with Gasteiger partial charge in [-0.25, -0.2) is 0 Å². The number of hydrogen-bond acceptors (Lipinski definition) is 3. The summed E-state index contributed by atoms with van der Waals surface area (Å²) in [5.74, 6) is 0.662. The smallest absolute Gasteiger partial charge is 0.125 e. The van der Waals surface area contributed by atoms with Gasteiger partial charge in [0.1, 0.15) is 5.75 Å². The van der Waals surface area contributed by atoms with Gasteiger partial charge in [-0.15, -0.1) is 0 Å². The van der Waals surface area contributed by atoms with Gasteiger partial charge in [0.2, 0.25) is 0 Å². The molecule has 0 aliphatic rings. The highest BCUT2D eigenvalue weighted by atomic mass is 35.5. The molecule has 0 bridgehead atoms. The summed E-state index contributed by atoms with van der Waals surface area (Å²) >= 11 is 5.91. The number of aliphatic hydroxyl groups excluding tert-OH is 1. The quantitative estimate of drug-likeness (QED) is 0.911. The van der Waals surface area contributed by atoms with E-state index in [1.807, 2.05) is 18.2 Å². The first-order valence-corrected chi connectivity index (χ1v) is 6.55. The molecule has 0 aliphatic carbocycles. The Morgan fingerprint density at radius 1 is 1.32 bits per heavy atom. The van der Waals surface area contributed by atoms with Crippen LogP contribution in [0.5, 0.6) is 5.75 Å². The lowest BCUT2D eigenvalue weighted by Gasteiger charge is -2.13. The summed E-state index contributed by atoms with van der Waals surface area (Å²) in [4.78, 5) is 4.23. The third-order valence-electron chi connectivity index (χ3n) is 2.76. The van der Waals surface area contributed by atoms with Gasteiger partial charge in [0, 0.05) is 28.9 Å². The van der Waals surface area contributed by atoms with E-state index in [4.69, 9.17) is 16.3 Å². The summed E-state index contributed by atoms with van der Waals surface area (Å²) in [6.07, 6.45) is 1.88. The Labute approximate surface area is 117 Å². The predicted molar refractivity (Wildman–Crippen MR) is 75.5 cm³/mol. The minimum Gasteiger partial charge on any atom is -0.493 e. The van der Waals surface area contributed by atoms with Gasteiger partial charge in [0.05, 0.1) is 12.7 Å². The van der Waals surface area contributed by atoms with Crippen LogP contribution in [0.4, 0.5) is 0 Å². The van der Waals surface area contributed by atoms with Crippen LogP contribution >= 0.6 is 11.6 Å². The molecule has 4 heteroatoms. The van der Waals surface area contributed by atoms with Crippen LogP contribution in [-0.2, 0) is 6.42 Å². The van der Waals surface area contributed by atoms with Crippen molar-refractivity contribution < 1.29 is 9.84 Å². The molecule has 1 atom stereocenters. The number of hydrogen-bond donors (Lipinski definition) is 1. The summed E-state index contributed by atoms with van der Waals surface area (Å²) in [6.45, 7) is 2.20. The van der Waals surface area contributed by atoms with Gasteiger partial charge in [-0.05, 0) is 37.3 Å². The topological polar surface area (TPSA) is 42.4 Å². The lowest BCUT2D eigenvalue weighted by Crippen LogP contribution is -2.05. The van der Waals surface area contributed by atoms with Gasteiger partial charge in [-0.2, -0.15) is 0 Å². The number of aliphatic hydroxyl groups is 1. The highest BCUT2D eigenvalue weighted by molar-refractivity contribution is 6.30. The van der Waals surface area contributed by atoms with E-state index in [-0.39, 0.29) is 0 Å². The molecular weight excluding hydrogens is 262 g/mol. The lowest BCUT2D eigenvalue weighted by molar-refractivity contribution is 0.191. The number of ether oxygens (including phenoxy) is 1. The van der Waals surface area contributed by atoms with E-state index in [1.165, 1.54) is 0 Å². The van der Waals surface area contributed by atoms with Gasteiger partial charge in [-0.1, -0.05) is 17.7 Å². The monoisotopic (exact) mass is 277 g/mol. The van der Waals surface area contributed by atoms with Crippen molar-refractivity contribution in [2.24, 2.45) is 0 Å². The molecule has 19 heavy (non-hydrogen) atoms. The molecule has 1 unspecified atom stereocenters. The first kappa shape index (κ1) is 13.8. The van der Waals surface area contributed by atoms with Crippen molar-refractivity contribution in [3.05, 3.63) is 58.9 Å².